The molecule has 0 unspecified atom stereocenters. The number of phenolic OH excluding ortho intramolecular Hbond substituents is 2. The summed E-state index contributed by atoms with van der Waals surface area (Å²) in [6.45, 7) is 2.17. The number of aryl methyl sites for hydroxylation is 1. The molecule has 0 aliphatic rings. The van der Waals surface area contributed by atoms with Crippen LogP contribution in [0.2, 0.25) is 0 Å². The minimum atomic E-state index is -0.243. The quantitative estimate of drug-likeness (QED) is 0.621. The molecule has 0 bridgehead atoms. The van der Waals surface area contributed by atoms with Crippen LogP contribution in [-0.4, -0.2) is 16.0 Å². The predicted molar refractivity (Wildman–Crippen MR) is 82.9 cm³/mol. The number of ketones is 1. The first-order valence-electron chi connectivity index (χ1n) is 7.27. The van der Waals surface area contributed by atoms with E-state index in [1.54, 1.807) is 12.1 Å². The lowest BCUT2D eigenvalue weighted by Crippen LogP contribution is -2.01. The standard InChI is InChI=1S/C18H20O3/c1-2-3-4-5-13-6-8-14(9-7-13)18(21)16-11-10-15(19)12-17(16)20/h6-12,19-20H,2-5H2,1H3. The Morgan fingerprint density at radius 1 is 1.00 bits per heavy atom. The first kappa shape index (κ1) is 15.1. The Hall–Kier alpha value is -2.29. The summed E-state index contributed by atoms with van der Waals surface area (Å²) in [5.74, 6) is -0.505. The minimum Gasteiger partial charge on any atom is -0.508 e. The zero-order valence-corrected chi connectivity index (χ0v) is 12.2. The van der Waals surface area contributed by atoms with E-state index in [0.717, 1.165) is 12.8 Å². The fourth-order valence-corrected chi connectivity index (χ4v) is 2.27. The van der Waals surface area contributed by atoms with Gasteiger partial charge in [0.05, 0.1) is 5.56 Å². The Morgan fingerprint density at radius 2 is 1.71 bits per heavy atom. The van der Waals surface area contributed by atoms with Gasteiger partial charge in [-0.25, -0.2) is 0 Å². The molecule has 0 saturated heterocycles. The topological polar surface area (TPSA) is 57.5 Å². The molecule has 0 radical (unpaired) electrons. The summed E-state index contributed by atoms with van der Waals surface area (Å²) in [5, 5.41) is 19.0. The summed E-state index contributed by atoms with van der Waals surface area (Å²) in [7, 11) is 0. The Morgan fingerprint density at radius 3 is 2.33 bits per heavy atom. The number of hydrogen-bond acceptors (Lipinski definition) is 3. The molecule has 21 heavy (non-hydrogen) atoms. The zero-order chi connectivity index (χ0) is 15.2. The molecule has 2 N–H and O–H groups in total. The van der Waals surface area contributed by atoms with Gasteiger partial charge in [0.2, 0.25) is 0 Å². The van der Waals surface area contributed by atoms with Crippen molar-refractivity contribution in [3.63, 3.8) is 0 Å². The van der Waals surface area contributed by atoms with Crippen LogP contribution in [0.4, 0.5) is 0 Å². The highest BCUT2D eigenvalue weighted by atomic mass is 16.3. The normalized spacial score (nSPS) is 10.5. The van der Waals surface area contributed by atoms with Gasteiger partial charge in [-0.05, 0) is 30.5 Å². The van der Waals surface area contributed by atoms with Crippen molar-refractivity contribution >= 4 is 5.78 Å². The molecule has 0 heterocycles. The number of phenols is 2. The van der Waals surface area contributed by atoms with E-state index in [9.17, 15) is 15.0 Å². The molecule has 3 nitrogen and oxygen atoms in total. The van der Waals surface area contributed by atoms with E-state index in [2.05, 4.69) is 6.92 Å². The van der Waals surface area contributed by atoms with E-state index in [1.807, 2.05) is 12.1 Å². The smallest absolute Gasteiger partial charge is 0.196 e. The number of rotatable bonds is 6. The molecule has 0 saturated carbocycles. The van der Waals surface area contributed by atoms with Gasteiger partial charge in [-0.1, -0.05) is 44.0 Å². The number of aromatic hydroxyl groups is 2. The summed E-state index contributed by atoms with van der Waals surface area (Å²) >= 11 is 0. The highest BCUT2D eigenvalue weighted by Crippen LogP contribution is 2.25. The summed E-state index contributed by atoms with van der Waals surface area (Å²) in [4.78, 5) is 12.3. The first-order chi connectivity index (χ1) is 10.1. The van der Waals surface area contributed by atoms with E-state index >= 15 is 0 Å². The third kappa shape index (κ3) is 3.85. The molecule has 0 amide bonds. The number of unbranched alkanes of at least 4 members (excludes halogenated alkanes) is 2. The molecule has 0 atom stereocenters. The van der Waals surface area contributed by atoms with Crippen molar-refractivity contribution in [1.29, 1.82) is 0 Å². The second-order valence-electron chi connectivity index (χ2n) is 5.18. The van der Waals surface area contributed by atoms with E-state index < -0.39 is 0 Å². The number of benzene rings is 2. The van der Waals surface area contributed by atoms with Crippen molar-refractivity contribution < 1.29 is 15.0 Å². The van der Waals surface area contributed by atoms with Crippen LogP contribution in [-0.2, 0) is 6.42 Å². The predicted octanol–water partition coefficient (Wildman–Crippen LogP) is 4.06. The number of carbonyl (C=O) groups excluding carboxylic acids is 1. The van der Waals surface area contributed by atoms with E-state index in [4.69, 9.17) is 0 Å². The van der Waals surface area contributed by atoms with E-state index in [-0.39, 0.29) is 22.8 Å². The van der Waals surface area contributed by atoms with Gasteiger partial charge >= 0.3 is 0 Å². The maximum absolute atomic E-state index is 12.3. The second-order valence-corrected chi connectivity index (χ2v) is 5.18. The van der Waals surface area contributed by atoms with Crippen molar-refractivity contribution in [1.82, 2.24) is 0 Å². The van der Waals surface area contributed by atoms with Gasteiger partial charge in [0.1, 0.15) is 11.5 Å². The van der Waals surface area contributed by atoms with E-state index in [0.29, 0.717) is 5.56 Å². The highest BCUT2D eigenvalue weighted by Gasteiger charge is 2.13. The summed E-state index contributed by atoms with van der Waals surface area (Å²) in [6, 6.07) is 11.5. The Bertz CT molecular complexity index is 615. The summed E-state index contributed by atoms with van der Waals surface area (Å²) in [6.07, 6.45) is 4.58. The van der Waals surface area contributed by atoms with Crippen LogP contribution in [0.5, 0.6) is 11.5 Å². The molecular formula is C18H20O3. The molecule has 0 fully saturated rings. The Labute approximate surface area is 124 Å². The molecule has 0 aliphatic heterocycles. The molecule has 2 aromatic carbocycles. The van der Waals surface area contributed by atoms with Crippen LogP contribution in [0.1, 0.15) is 47.7 Å². The van der Waals surface area contributed by atoms with Gasteiger partial charge in [0.25, 0.3) is 0 Å². The Kier molecular flexibility index (Phi) is 4.99. The maximum atomic E-state index is 12.3. The Balaban J connectivity index is 2.12. The monoisotopic (exact) mass is 284 g/mol. The molecule has 2 aromatic rings. The third-order valence-electron chi connectivity index (χ3n) is 3.51. The lowest BCUT2D eigenvalue weighted by molar-refractivity contribution is 0.103. The van der Waals surface area contributed by atoms with Gasteiger partial charge in [0, 0.05) is 11.6 Å². The molecule has 110 valence electrons. The van der Waals surface area contributed by atoms with Crippen LogP contribution in [0.25, 0.3) is 0 Å². The second kappa shape index (κ2) is 6.93. The zero-order valence-electron chi connectivity index (χ0n) is 12.2. The van der Waals surface area contributed by atoms with Crippen LogP contribution in [0.3, 0.4) is 0 Å². The summed E-state index contributed by atoms with van der Waals surface area (Å²) < 4.78 is 0. The largest absolute Gasteiger partial charge is 0.508 e. The van der Waals surface area contributed by atoms with Gasteiger partial charge in [-0.15, -0.1) is 0 Å². The lowest BCUT2D eigenvalue weighted by Gasteiger charge is -2.06. The van der Waals surface area contributed by atoms with Crippen molar-refractivity contribution in [2.24, 2.45) is 0 Å². The lowest BCUT2D eigenvalue weighted by atomic mass is 9.99. The van der Waals surface area contributed by atoms with Crippen LogP contribution < -0.4 is 0 Å². The number of carbonyl (C=O) groups is 1. The minimum absolute atomic E-state index is 0.0599. The van der Waals surface area contributed by atoms with Gasteiger partial charge < -0.3 is 10.2 Å². The van der Waals surface area contributed by atoms with Crippen molar-refractivity contribution in [2.45, 2.75) is 32.6 Å². The van der Waals surface area contributed by atoms with Crippen molar-refractivity contribution in [3.8, 4) is 11.5 Å². The molecule has 0 aliphatic carbocycles. The third-order valence-corrected chi connectivity index (χ3v) is 3.51. The highest BCUT2D eigenvalue weighted by molar-refractivity contribution is 6.10. The molecular weight excluding hydrogens is 264 g/mol. The van der Waals surface area contributed by atoms with Crippen LogP contribution >= 0.6 is 0 Å². The number of hydrogen-bond donors (Lipinski definition) is 2. The molecule has 3 heteroatoms. The molecule has 2 rings (SSSR count). The van der Waals surface area contributed by atoms with E-state index in [1.165, 1.54) is 36.6 Å². The average Bonchev–Trinajstić information content (AvgIpc) is 2.48. The van der Waals surface area contributed by atoms with Crippen LogP contribution in [0, 0.1) is 0 Å². The van der Waals surface area contributed by atoms with Crippen LogP contribution in [0.15, 0.2) is 42.5 Å². The maximum Gasteiger partial charge on any atom is 0.196 e. The first-order valence-corrected chi connectivity index (χ1v) is 7.27. The average molecular weight is 284 g/mol. The molecule has 0 aromatic heterocycles. The van der Waals surface area contributed by atoms with Gasteiger partial charge in [-0.2, -0.15) is 0 Å². The summed E-state index contributed by atoms with van der Waals surface area (Å²) in [5.41, 5.74) is 1.96. The SMILES string of the molecule is CCCCCc1ccc(C(=O)c2ccc(O)cc2O)cc1. The van der Waals surface area contributed by atoms with Crippen molar-refractivity contribution in [2.75, 3.05) is 0 Å². The van der Waals surface area contributed by atoms with Gasteiger partial charge in [-0.3, -0.25) is 4.79 Å². The van der Waals surface area contributed by atoms with Crippen molar-refractivity contribution in [3.05, 3.63) is 59.2 Å². The fraction of sp³-hybridized carbons (Fsp3) is 0.278. The fourth-order valence-electron chi connectivity index (χ4n) is 2.27. The van der Waals surface area contributed by atoms with Gasteiger partial charge in [0.15, 0.2) is 5.78 Å². The molecule has 0 spiro atoms.